The number of aromatic nitrogens is 2. The Morgan fingerprint density at radius 1 is 1.38 bits per heavy atom. The molecule has 0 spiro atoms. The monoisotopic (exact) mass is 224 g/mol. The fraction of sp³-hybridized carbons (Fsp3) is 0.818. The van der Waals surface area contributed by atoms with Gasteiger partial charge in [0.05, 0.1) is 6.54 Å². The number of hydrogen-bond donors (Lipinski definition) is 1. The molecular formula is C11H20N4O. The van der Waals surface area contributed by atoms with Crippen molar-refractivity contribution in [3.63, 3.8) is 0 Å². The van der Waals surface area contributed by atoms with Gasteiger partial charge in [-0.1, -0.05) is 0 Å². The molecular weight excluding hydrogens is 204 g/mol. The van der Waals surface area contributed by atoms with E-state index in [9.17, 15) is 0 Å². The van der Waals surface area contributed by atoms with E-state index in [0.717, 1.165) is 25.5 Å². The fourth-order valence-electron chi connectivity index (χ4n) is 2.19. The Hall–Kier alpha value is -0.940. The van der Waals surface area contributed by atoms with Crippen LogP contribution in [0, 0.1) is 6.92 Å². The number of hydrogen-bond acceptors (Lipinski definition) is 5. The second-order valence-electron chi connectivity index (χ2n) is 4.46. The van der Waals surface area contributed by atoms with E-state index in [4.69, 9.17) is 4.42 Å². The summed E-state index contributed by atoms with van der Waals surface area (Å²) in [5.41, 5.74) is 0. The van der Waals surface area contributed by atoms with E-state index in [1.165, 1.54) is 19.3 Å². The second kappa shape index (κ2) is 5.41. The van der Waals surface area contributed by atoms with Crippen LogP contribution in [-0.2, 0) is 6.54 Å². The first-order chi connectivity index (χ1) is 7.75. The largest absolute Gasteiger partial charge is 0.424 e. The van der Waals surface area contributed by atoms with Crippen molar-refractivity contribution in [3.8, 4) is 0 Å². The van der Waals surface area contributed by atoms with Crippen molar-refractivity contribution >= 4 is 0 Å². The molecule has 0 saturated carbocycles. The molecule has 1 aliphatic heterocycles. The molecule has 1 aromatic heterocycles. The summed E-state index contributed by atoms with van der Waals surface area (Å²) in [7, 11) is 2.13. The van der Waals surface area contributed by atoms with Gasteiger partial charge in [-0.15, -0.1) is 10.2 Å². The number of aryl methyl sites for hydroxylation is 1. The summed E-state index contributed by atoms with van der Waals surface area (Å²) >= 11 is 0. The molecule has 0 amide bonds. The fourth-order valence-corrected chi connectivity index (χ4v) is 2.19. The predicted molar refractivity (Wildman–Crippen MR) is 61.0 cm³/mol. The molecule has 1 fully saturated rings. The van der Waals surface area contributed by atoms with Gasteiger partial charge in [0, 0.05) is 13.0 Å². The third-order valence-corrected chi connectivity index (χ3v) is 3.12. The lowest BCUT2D eigenvalue weighted by Gasteiger charge is -2.25. The van der Waals surface area contributed by atoms with E-state index >= 15 is 0 Å². The van der Waals surface area contributed by atoms with Crippen molar-refractivity contribution < 1.29 is 4.42 Å². The third-order valence-electron chi connectivity index (χ3n) is 3.12. The molecule has 1 unspecified atom stereocenters. The van der Waals surface area contributed by atoms with Crippen molar-refractivity contribution in [2.24, 2.45) is 0 Å². The minimum Gasteiger partial charge on any atom is -0.424 e. The summed E-state index contributed by atoms with van der Waals surface area (Å²) in [6.45, 7) is 4.83. The molecule has 0 bridgehead atoms. The minimum absolute atomic E-state index is 0.627. The highest BCUT2D eigenvalue weighted by molar-refractivity contribution is 4.82. The van der Waals surface area contributed by atoms with Crippen molar-refractivity contribution in [3.05, 3.63) is 11.8 Å². The number of nitrogens with one attached hydrogen (secondary N) is 1. The standard InChI is InChI=1S/C11H20N4O/c1-9-13-14-11(16-9)8-15(2)10-4-3-6-12-7-5-10/h10,12H,3-8H2,1-2H3. The Bertz CT molecular complexity index is 318. The van der Waals surface area contributed by atoms with E-state index in [1.54, 1.807) is 0 Å². The van der Waals surface area contributed by atoms with Gasteiger partial charge in [-0.2, -0.15) is 0 Å². The Balaban J connectivity index is 1.88. The van der Waals surface area contributed by atoms with Gasteiger partial charge in [-0.25, -0.2) is 0 Å². The lowest BCUT2D eigenvalue weighted by atomic mass is 10.1. The Morgan fingerprint density at radius 3 is 3.00 bits per heavy atom. The van der Waals surface area contributed by atoms with Crippen LogP contribution in [0.3, 0.4) is 0 Å². The third kappa shape index (κ3) is 3.02. The molecule has 1 aliphatic rings. The molecule has 2 heterocycles. The van der Waals surface area contributed by atoms with Gasteiger partial charge in [-0.3, -0.25) is 4.90 Å². The zero-order valence-corrected chi connectivity index (χ0v) is 10.1. The summed E-state index contributed by atoms with van der Waals surface area (Å²) in [5, 5.41) is 11.3. The molecule has 5 heteroatoms. The van der Waals surface area contributed by atoms with E-state index in [-0.39, 0.29) is 0 Å². The van der Waals surface area contributed by atoms with Crippen LogP contribution in [0.25, 0.3) is 0 Å². The summed E-state index contributed by atoms with van der Waals surface area (Å²) in [5.74, 6) is 1.36. The lowest BCUT2D eigenvalue weighted by Crippen LogP contribution is -2.32. The molecule has 1 atom stereocenters. The van der Waals surface area contributed by atoms with Gasteiger partial charge in [0.2, 0.25) is 11.8 Å². The topological polar surface area (TPSA) is 54.2 Å². The molecule has 90 valence electrons. The predicted octanol–water partition coefficient (Wildman–Crippen LogP) is 0.952. The highest BCUT2D eigenvalue weighted by Crippen LogP contribution is 2.14. The van der Waals surface area contributed by atoms with Crippen molar-refractivity contribution in [2.45, 2.75) is 38.8 Å². The molecule has 16 heavy (non-hydrogen) atoms. The number of nitrogens with zero attached hydrogens (tertiary/aromatic N) is 3. The SMILES string of the molecule is Cc1nnc(CN(C)C2CCCNCC2)o1. The molecule has 1 N–H and O–H groups in total. The summed E-state index contributed by atoms with van der Waals surface area (Å²) in [4.78, 5) is 2.32. The molecule has 5 nitrogen and oxygen atoms in total. The van der Waals surface area contributed by atoms with Crippen LogP contribution in [0.5, 0.6) is 0 Å². The van der Waals surface area contributed by atoms with Crippen molar-refractivity contribution in [1.82, 2.24) is 20.4 Å². The van der Waals surface area contributed by atoms with Crippen LogP contribution in [0.15, 0.2) is 4.42 Å². The first kappa shape index (κ1) is 11.5. The maximum Gasteiger partial charge on any atom is 0.230 e. The molecule has 1 aromatic rings. The van der Waals surface area contributed by atoms with Gasteiger partial charge in [-0.05, 0) is 39.4 Å². The second-order valence-corrected chi connectivity index (χ2v) is 4.46. The lowest BCUT2D eigenvalue weighted by molar-refractivity contribution is 0.196. The van der Waals surface area contributed by atoms with E-state index in [0.29, 0.717) is 11.9 Å². The maximum atomic E-state index is 5.40. The molecule has 1 saturated heterocycles. The Labute approximate surface area is 96.2 Å². The van der Waals surface area contributed by atoms with E-state index in [2.05, 4.69) is 27.5 Å². The quantitative estimate of drug-likeness (QED) is 0.828. The average Bonchev–Trinajstić information content (AvgIpc) is 2.56. The van der Waals surface area contributed by atoms with Crippen LogP contribution < -0.4 is 5.32 Å². The zero-order valence-electron chi connectivity index (χ0n) is 10.1. The first-order valence-electron chi connectivity index (χ1n) is 5.95. The zero-order chi connectivity index (χ0) is 11.4. The highest BCUT2D eigenvalue weighted by atomic mass is 16.4. The van der Waals surface area contributed by atoms with Crippen LogP contribution in [0.2, 0.25) is 0 Å². The summed E-state index contributed by atoms with van der Waals surface area (Å²) < 4.78 is 5.40. The first-order valence-corrected chi connectivity index (χ1v) is 5.95. The average molecular weight is 224 g/mol. The van der Waals surface area contributed by atoms with Crippen molar-refractivity contribution in [1.29, 1.82) is 0 Å². The summed E-state index contributed by atoms with van der Waals surface area (Å²) in [6, 6.07) is 0.627. The minimum atomic E-state index is 0.627. The van der Waals surface area contributed by atoms with Gasteiger partial charge in [0.25, 0.3) is 0 Å². The molecule has 2 rings (SSSR count). The Kier molecular flexibility index (Phi) is 3.90. The normalized spacial score (nSPS) is 22.3. The van der Waals surface area contributed by atoms with Crippen LogP contribution in [-0.4, -0.2) is 41.3 Å². The molecule has 0 aromatic carbocycles. The van der Waals surface area contributed by atoms with Gasteiger partial charge >= 0.3 is 0 Å². The van der Waals surface area contributed by atoms with E-state index < -0.39 is 0 Å². The van der Waals surface area contributed by atoms with Crippen LogP contribution in [0.4, 0.5) is 0 Å². The van der Waals surface area contributed by atoms with Crippen molar-refractivity contribution in [2.75, 3.05) is 20.1 Å². The Morgan fingerprint density at radius 2 is 2.25 bits per heavy atom. The highest BCUT2D eigenvalue weighted by Gasteiger charge is 2.18. The van der Waals surface area contributed by atoms with Crippen LogP contribution >= 0.6 is 0 Å². The number of rotatable bonds is 3. The van der Waals surface area contributed by atoms with E-state index in [1.807, 2.05) is 6.92 Å². The maximum absolute atomic E-state index is 5.40. The van der Waals surface area contributed by atoms with Gasteiger partial charge in [0.1, 0.15) is 0 Å². The molecule has 0 radical (unpaired) electrons. The smallest absolute Gasteiger partial charge is 0.230 e. The molecule has 0 aliphatic carbocycles. The van der Waals surface area contributed by atoms with Gasteiger partial charge < -0.3 is 9.73 Å². The van der Waals surface area contributed by atoms with Crippen LogP contribution in [0.1, 0.15) is 31.0 Å². The summed E-state index contributed by atoms with van der Waals surface area (Å²) in [6.07, 6.45) is 3.69. The van der Waals surface area contributed by atoms with Gasteiger partial charge in [0.15, 0.2) is 0 Å².